The minimum absolute atomic E-state index is 0.0841. The molecular weight excluding hydrogens is 212 g/mol. The summed E-state index contributed by atoms with van der Waals surface area (Å²) >= 11 is 0. The Bertz CT molecular complexity index is 516. The van der Waals surface area contributed by atoms with Crippen LogP contribution in [0.2, 0.25) is 0 Å². The van der Waals surface area contributed by atoms with Gasteiger partial charge in [0.25, 0.3) is 0 Å². The minimum Gasteiger partial charge on any atom is -0.360 e. The number of hydrogen-bond acceptors (Lipinski definition) is 2. The lowest BCUT2D eigenvalue weighted by atomic mass is 10.0. The van der Waals surface area contributed by atoms with E-state index in [1.807, 2.05) is 44.3 Å². The quantitative estimate of drug-likeness (QED) is 0.776. The number of Topliss-reactive ketones (excluding diaryl/α,β-unsaturated/α-hetero) is 1. The number of rotatable bonds is 5. The summed E-state index contributed by atoms with van der Waals surface area (Å²) in [4.78, 5) is 15.5. The number of benzene rings is 1. The van der Waals surface area contributed by atoms with Crippen LogP contribution in [0.5, 0.6) is 0 Å². The van der Waals surface area contributed by atoms with E-state index in [2.05, 4.69) is 10.3 Å². The molecular formula is C14H18N2O. The third kappa shape index (κ3) is 2.24. The molecule has 0 fully saturated rings. The summed E-state index contributed by atoms with van der Waals surface area (Å²) in [6.07, 6.45) is 2.62. The highest BCUT2D eigenvalue weighted by atomic mass is 16.1. The molecule has 90 valence electrons. The number of hydrogen-bond donors (Lipinski definition) is 2. The van der Waals surface area contributed by atoms with Crippen molar-refractivity contribution in [3.8, 4) is 0 Å². The van der Waals surface area contributed by atoms with Crippen molar-refractivity contribution in [2.24, 2.45) is 0 Å². The first-order chi connectivity index (χ1) is 8.27. The van der Waals surface area contributed by atoms with Crippen molar-refractivity contribution >= 4 is 16.7 Å². The Labute approximate surface area is 101 Å². The fraction of sp³-hybridized carbons (Fsp3) is 0.357. The van der Waals surface area contributed by atoms with Gasteiger partial charge in [-0.3, -0.25) is 4.79 Å². The molecule has 2 aromatic rings. The molecule has 1 heterocycles. The Morgan fingerprint density at radius 3 is 2.82 bits per heavy atom. The van der Waals surface area contributed by atoms with E-state index >= 15 is 0 Å². The predicted molar refractivity (Wildman–Crippen MR) is 70.4 cm³/mol. The minimum atomic E-state index is -0.0841. The second-order valence-electron chi connectivity index (χ2n) is 4.13. The average Bonchev–Trinajstić information content (AvgIpc) is 2.79. The number of aromatic nitrogens is 1. The fourth-order valence-electron chi connectivity index (χ4n) is 2.13. The molecule has 1 aromatic carbocycles. The number of ketones is 1. The van der Waals surface area contributed by atoms with Crippen molar-refractivity contribution in [1.29, 1.82) is 0 Å². The van der Waals surface area contributed by atoms with Gasteiger partial charge in [-0.15, -0.1) is 0 Å². The van der Waals surface area contributed by atoms with Crippen LogP contribution in [0.3, 0.4) is 0 Å². The number of para-hydroxylation sites is 1. The van der Waals surface area contributed by atoms with E-state index in [4.69, 9.17) is 0 Å². The Hall–Kier alpha value is -1.61. The maximum Gasteiger partial charge on any atom is 0.181 e. The van der Waals surface area contributed by atoms with Crippen LogP contribution in [0.25, 0.3) is 10.9 Å². The molecule has 0 radical (unpaired) electrons. The van der Waals surface area contributed by atoms with E-state index in [0.717, 1.165) is 29.4 Å². The summed E-state index contributed by atoms with van der Waals surface area (Å²) in [5, 5.41) is 4.23. The standard InChI is InChI=1S/C14H18N2O/c1-3-12(15-4-2)14(17)11-9-16-13-8-6-5-7-10(11)13/h5-9,12,15-16H,3-4H2,1-2H3. The zero-order valence-corrected chi connectivity index (χ0v) is 10.3. The molecule has 17 heavy (non-hydrogen) atoms. The van der Waals surface area contributed by atoms with Crippen molar-refractivity contribution in [2.75, 3.05) is 6.54 Å². The molecule has 1 aromatic heterocycles. The SMILES string of the molecule is CCNC(CC)C(=O)c1c[nH]c2ccccc12. The van der Waals surface area contributed by atoms with Crippen molar-refractivity contribution in [1.82, 2.24) is 10.3 Å². The highest BCUT2D eigenvalue weighted by molar-refractivity contribution is 6.10. The van der Waals surface area contributed by atoms with E-state index in [-0.39, 0.29) is 11.8 Å². The van der Waals surface area contributed by atoms with Crippen LogP contribution >= 0.6 is 0 Å². The number of aromatic amines is 1. The summed E-state index contributed by atoms with van der Waals surface area (Å²) in [6, 6.07) is 7.81. The molecule has 1 unspecified atom stereocenters. The predicted octanol–water partition coefficient (Wildman–Crippen LogP) is 2.74. The highest BCUT2D eigenvalue weighted by Gasteiger charge is 2.19. The second kappa shape index (κ2) is 5.15. The van der Waals surface area contributed by atoms with E-state index in [1.54, 1.807) is 0 Å². The number of H-pyrrole nitrogens is 1. The van der Waals surface area contributed by atoms with E-state index in [9.17, 15) is 4.79 Å². The molecule has 3 nitrogen and oxygen atoms in total. The third-order valence-corrected chi connectivity index (χ3v) is 3.03. The molecule has 2 N–H and O–H groups in total. The number of nitrogens with one attached hydrogen (secondary N) is 2. The van der Waals surface area contributed by atoms with Crippen LogP contribution in [0.1, 0.15) is 30.6 Å². The van der Waals surface area contributed by atoms with Gasteiger partial charge in [-0.05, 0) is 19.0 Å². The molecule has 0 aliphatic heterocycles. The van der Waals surface area contributed by atoms with Crippen LogP contribution in [0.4, 0.5) is 0 Å². The van der Waals surface area contributed by atoms with Crippen molar-refractivity contribution in [3.63, 3.8) is 0 Å². The smallest absolute Gasteiger partial charge is 0.181 e. The Morgan fingerprint density at radius 1 is 1.35 bits per heavy atom. The lowest BCUT2D eigenvalue weighted by Gasteiger charge is -2.13. The first kappa shape index (κ1) is 11.9. The molecule has 0 amide bonds. The van der Waals surface area contributed by atoms with Crippen molar-refractivity contribution < 1.29 is 4.79 Å². The summed E-state index contributed by atoms with van der Waals surface area (Å²) in [5.41, 5.74) is 1.80. The molecule has 0 saturated heterocycles. The Morgan fingerprint density at radius 2 is 2.12 bits per heavy atom. The fourth-order valence-corrected chi connectivity index (χ4v) is 2.13. The van der Waals surface area contributed by atoms with Gasteiger partial charge in [-0.2, -0.15) is 0 Å². The zero-order valence-electron chi connectivity index (χ0n) is 10.3. The zero-order chi connectivity index (χ0) is 12.3. The number of fused-ring (bicyclic) bond motifs is 1. The van der Waals surface area contributed by atoms with Crippen LogP contribution in [0.15, 0.2) is 30.5 Å². The van der Waals surface area contributed by atoms with Gasteiger partial charge >= 0.3 is 0 Å². The molecule has 0 aliphatic carbocycles. The van der Waals surface area contributed by atoms with E-state index < -0.39 is 0 Å². The maximum atomic E-state index is 12.4. The Kier molecular flexibility index (Phi) is 3.59. The van der Waals surface area contributed by atoms with Crippen LogP contribution < -0.4 is 5.32 Å². The maximum absolute atomic E-state index is 12.4. The highest BCUT2D eigenvalue weighted by Crippen LogP contribution is 2.19. The monoisotopic (exact) mass is 230 g/mol. The van der Waals surface area contributed by atoms with Crippen molar-refractivity contribution in [2.45, 2.75) is 26.3 Å². The van der Waals surface area contributed by atoms with Gasteiger partial charge < -0.3 is 10.3 Å². The van der Waals surface area contributed by atoms with Crippen molar-refractivity contribution in [3.05, 3.63) is 36.0 Å². The number of carbonyl (C=O) groups excluding carboxylic acids is 1. The van der Waals surface area contributed by atoms with Gasteiger partial charge in [0, 0.05) is 22.7 Å². The van der Waals surface area contributed by atoms with Gasteiger partial charge in [-0.1, -0.05) is 32.0 Å². The number of likely N-dealkylation sites (N-methyl/N-ethyl adjacent to an activating group) is 1. The average molecular weight is 230 g/mol. The van der Waals surface area contributed by atoms with Crippen LogP contribution in [-0.2, 0) is 0 Å². The van der Waals surface area contributed by atoms with Crippen LogP contribution in [0, 0.1) is 0 Å². The van der Waals surface area contributed by atoms with E-state index in [0.29, 0.717) is 0 Å². The van der Waals surface area contributed by atoms with Gasteiger partial charge in [0.1, 0.15) is 0 Å². The topological polar surface area (TPSA) is 44.9 Å². The van der Waals surface area contributed by atoms with Gasteiger partial charge in [0.2, 0.25) is 0 Å². The Balaban J connectivity index is 2.36. The van der Waals surface area contributed by atoms with Gasteiger partial charge in [0.15, 0.2) is 5.78 Å². The molecule has 1 atom stereocenters. The first-order valence-corrected chi connectivity index (χ1v) is 6.11. The summed E-state index contributed by atoms with van der Waals surface area (Å²) in [6.45, 7) is 4.86. The molecule has 0 aliphatic rings. The molecule has 0 saturated carbocycles. The second-order valence-corrected chi connectivity index (χ2v) is 4.13. The van der Waals surface area contributed by atoms with E-state index in [1.165, 1.54) is 0 Å². The lowest BCUT2D eigenvalue weighted by molar-refractivity contribution is 0.0943. The number of carbonyl (C=O) groups is 1. The van der Waals surface area contributed by atoms with Crippen LogP contribution in [-0.4, -0.2) is 23.4 Å². The third-order valence-electron chi connectivity index (χ3n) is 3.03. The summed E-state index contributed by atoms with van der Waals surface area (Å²) < 4.78 is 0. The normalized spacial score (nSPS) is 12.8. The largest absolute Gasteiger partial charge is 0.360 e. The van der Waals surface area contributed by atoms with Gasteiger partial charge in [-0.25, -0.2) is 0 Å². The first-order valence-electron chi connectivity index (χ1n) is 6.11. The summed E-state index contributed by atoms with van der Waals surface area (Å²) in [5.74, 6) is 0.173. The lowest BCUT2D eigenvalue weighted by Crippen LogP contribution is -2.35. The molecule has 2 rings (SSSR count). The molecule has 0 spiro atoms. The van der Waals surface area contributed by atoms with Gasteiger partial charge in [0.05, 0.1) is 6.04 Å². The molecule has 3 heteroatoms. The molecule has 0 bridgehead atoms. The summed E-state index contributed by atoms with van der Waals surface area (Å²) in [7, 11) is 0.